The number of benzene rings is 3. The molecule has 0 aromatic heterocycles. The second kappa shape index (κ2) is 10.5. The van der Waals surface area contributed by atoms with Crippen LogP contribution in [0.4, 0.5) is 0 Å². The van der Waals surface area contributed by atoms with Crippen LogP contribution in [0, 0.1) is 0 Å². The number of phenols is 1. The summed E-state index contributed by atoms with van der Waals surface area (Å²) in [6, 6.07) is 25.1. The van der Waals surface area contributed by atoms with Crippen molar-refractivity contribution in [3.63, 3.8) is 0 Å². The third-order valence-electron chi connectivity index (χ3n) is 4.25. The van der Waals surface area contributed by atoms with Crippen LogP contribution in [0.2, 0.25) is 0 Å². The smallest absolute Gasteiger partial charge is 0.254 e. The van der Waals surface area contributed by atoms with Gasteiger partial charge in [0.15, 0.2) is 0 Å². The molecule has 0 aliphatic heterocycles. The fraction of sp³-hybridized carbons (Fsp3) is 0.130. The number of nitrogens with zero attached hydrogens (tertiary/aromatic N) is 2. The molecule has 6 heteroatoms. The summed E-state index contributed by atoms with van der Waals surface area (Å²) in [5.41, 5.74) is 5.34. The van der Waals surface area contributed by atoms with E-state index in [1.165, 1.54) is 6.21 Å². The first-order valence-corrected chi connectivity index (χ1v) is 10.00. The molecule has 3 aromatic rings. The third-order valence-corrected chi connectivity index (χ3v) is 4.74. The molecule has 29 heavy (non-hydrogen) atoms. The maximum atomic E-state index is 12.4. The highest BCUT2D eigenvalue weighted by Gasteiger charge is 2.12. The average molecular weight is 452 g/mol. The lowest BCUT2D eigenvalue weighted by molar-refractivity contribution is -0.122. The molecule has 0 radical (unpaired) electrons. The van der Waals surface area contributed by atoms with Crippen molar-refractivity contribution in [3.05, 3.63) is 100 Å². The zero-order valence-electron chi connectivity index (χ0n) is 15.8. The summed E-state index contributed by atoms with van der Waals surface area (Å²) in [4.78, 5) is 14.5. The lowest BCUT2D eigenvalue weighted by Crippen LogP contribution is -2.34. The summed E-state index contributed by atoms with van der Waals surface area (Å²) in [5, 5.41) is 13.8. The highest BCUT2D eigenvalue weighted by Crippen LogP contribution is 2.19. The van der Waals surface area contributed by atoms with Gasteiger partial charge in [-0.3, -0.25) is 9.69 Å². The minimum Gasteiger partial charge on any atom is -0.507 e. The lowest BCUT2D eigenvalue weighted by atomic mass is 10.1. The van der Waals surface area contributed by atoms with Crippen LogP contribution in [0.5, 0.6) is 5.75 Å². The van der Waals surface area contributed by atoms with Gasteiger partial charge in [0.2, 0.25) is 0 Å². The summed E-state index contributed by atoms with van der Waals surface area (Å²) in [7, 11) is 0. The van der Waals surface area contributed by atoms with Crippen molar-refractivity contribution in [2.75, 3.05) is 6.54 Å². The first kappa shape index (κ1) is 20.8. The number of nitrogens with one attached hydrogen (secondary N) is 1. The van der Waals surface area contributed by atoms with Crippen molar-refractivity contribution in [1.29, 1.82) is 0 Å². The Bertz CT molecular complexity index is 921. The number of carbonyl (C=O) groups is 1. The van der Waals surface area contributed by atoms with Crippen LogP contribution in [0.25, 0.3) is 0 Å². The summed E-state index contributed by atoms with van der Waals surface area (Å²) < 4.78 is 0.819. The summed E-state index contributed by atoms with van der Waals surface area (Å²) in [5.74, 6) is -0.122. The average Bonchev–Trinajstić information content (AvgIpc) is 2.72. The highest BCUT2D eigenvalue weighted by atomic mass is 79.9. The molecular formula is C23H22BrN3O2. The zero-order valence-corrected chi connectivity index (χ0v) is 17.4. The quantitative estimate of drug-likeness (QED) is 0.396. The Balaban J connectivity index is 1.63. The van der Waals surface area contributed by atoms with E-state index >= 15 is 0 Å². The summed E-state index contributed by atoms with van der Waals surface area (Å²) in [6.07, 6.45) is 1.43. The maximum absolute atomic E-state index is 12.4. The number of hydrogen-bond donors (Lipinski definition) is 2. The standard InChI is InChI=1S/C23H22BrN3O2/c24-21-11-12-22(28)20(13-21)14-25-26-23(29)17-27(15-18-7-3-1-4-8-18)16-19-9-5-2-6-10-19/h1-14,28H,15-17H2,(H,26,29)/b25-14-. The van der Waals surface area contributed by atoms with Crippen molar-refractivity contribution >= 4 is 28.1 Å². The van der Waals surface area contributed by atoms with E-state index in [1.54, 1.807) is 18.2 Å². The number of rotatable bonds is 8. The molecule has 0 atom stereocenters. The molecule has 3 rings (SSSR count). The van der Waals surface area contributed by atoms with Gasteiger partial charge in [-0.15, -0.1) is 0 Å². The van der Waals surface area contributed by atoms with E-state index in [9.17, 15) is 9.90 Å². The van der Waals surface area contributed by atoms with Gasteiger partial charge in [0.05, 0.1) is 12.8 Å². The first-order valence-electron chi connectivity index (χ1n) is 9.21. The molecule has 0 unspecified atom stereocenters. The third kappa shape index (κ3) is 6.85. The van der Waals surface area contributed by atoms with Gasteiger partial charge in [-0.2, -0.15) is 5.10 Å². The van der Waals surface area contributed by atoms with Crippen LogP contribution in [0.1, 0.15) is 16.7 Å². The molecule has 148 valence electrons. The van der Waals surface area contributed by atoms with Gasteiger partial charge in [0, 0.05) is 23.1 Å². The van der Waals surface area contributed by atoms with Crippen molar-refractivity contribution in [1.82, 2.24) is 10.3 Å². The van der Waals surface area contributed by atoms with E-state index < -0.39 is 0 Å². The van der Waals surface area contributed by atoms with Gasteiger partial charge >= 0.3 is 0 Å². The van der Waals surface area contributed by atoms with Crippen LogP contribution in [0.3, 0.4) is 0 Å². The molecule has 2 N–H and O–H groups in total. The van der Waals surface area contributed by atoms with E-state index in [2.05, 4.69) is 31.4 Å². The Kier molecular flexibility index (Phi) is 7.55. The van der Waals surface area contributed by atoms with Gasteiger partial charge in [-0.05, 0) is 29.3 Å². The molecular weight excluding hydrogens is 430 g/mol. The maximum Gasteiger partial charge on any atom is 0.254 e. The van der Waals surface area contributed by atoms with Crippen LogP contribution in [-0.2, 0) is 17.9 Å². The molecule has 3 aromatic carbocycles. The fourth-order valence-corrected chi connectivity index (χ4v) is 3.27. The Morgan fingerprint density at radius 2 is 1.55 bits per heavy atom. The van der Waals surface area contributed by atoms with Crippen molar-refractivity contribution < 1.29 is 9.90 Å². The van der Waals surface area contributed by atoms with Crippen LogP contribution < -0.4 is 5.43 Å². The van der Waals surface area contributed by atoms with Gasteiger partial charge in [-0.25, -0.2) is 5.43 Å². The first-order chi connectivity index (χ1) is 14.1. The summed E-state index contributed by atoms with van der Waals surface area (Å²) >= 11 is 3.35. The van der Waals surface area contributed by atoms with Crippen LogP contribution >= 0.6 is 15.9 Å². The second-order valence-corrected chi connectivity index (χ2v) is 7.53. The molecule has 0 fully saturated rings. The lowest BCUT2D eigenvalue weighted by Gasteiger charge is -2.21. The van der Waals surface area contributed by atoms with Crippen molar-refractivity contribution in [2.45, 2.75) is 13.1 Å². The molecule has 0 heterocycles. The number of phenolic OH excluding ortho intramolecular Hbond substituents is 1. The molecule has 0 aliphatic rings. The van der Waals surface area contributed by atoms with E-state index in [1.807, 2.05) is 60.7 Å². The van der Waals surface area contributed by atoms with E-state index in [0.29, 0.717) is 18.7 Å². The molecule has 5 nitrogen and oxygen atoms in total. The Morgan fingerprint density at radius 1 is 0.966 bits per heavy atom. The highest BCUT2D eigenvalue weighted by molar-refractivity contribution is 9.10. The molecule has 0 saturated heterocycles. The van der Waals surface area contributed by atoms with Gasteiger partial charge in [0.25, 0.3) is 5.91 Å². The molecule has 1 amide bonds. The van der Waals surface area contributed by atoms with Gasteiger partial charge in [0.1, 0.15) is 5.75 Å². The van der Waals surface area contributed by atoms with Gasteiger partial charge < -0.3 is 5.11 Å². The SMILES string of the molecule is O=C(CN(Cc1ccccc1)Cc1ccccc1)N/N=C\c1cc(Br)ccc1O. The fourth-order valence-electron chi connectivity index (χ4n) is 2.89. The predicted molar refractivity (Wildman–Crippen MR) is 119 cm³/mol. The number of carbonyl (C=O) groups excluding carboxylic acids is 1. The normalized spacial score (nSPS) is 11.1. The van der Waals surface area contributed by atoms with Crippen molar-refractivity contribution in [3.8, 4) is 5.75 Å². The molecule has 0 spiro atoms. The number of amides is 1. The van der Waals surface area contributed by atoms with E-state index in [0.717, 1.165) is 15.6 Å². The molecule has 0 aliphatic carbocycles. The largest absolute Gasteiger partial charge is 0.507 e. The minimum atomic E-state index is -0.220. The monoisotopic (exact) mass is 451 g/mol. The number of aromatic hydroxyl groups is 1. The van der Waals surface area contributed by atoms with Crippen LogP contribution in [-0.4, -0.2) is 28.7 Å². The topological polar surface area (TPSA) is 64.9 Å². The zero-order chi connectivity index (χ0) is 20.5. The van der Waals surface area contributed by atoms with Gasteiger partial charge in [-0.1, -0.05) is 76.6 Å². The molecule has 0 saturated carbocycles. The number of halogens is 1. The van der Waals surface area contributed by atoms with E-state index in [4.69, 9.17) is 0 Å². The summed E-state index contributed by atoms with van der Waals surface area (Å²) in [6.45, 7) is 1.50. The Hall–Kier alpha value is -2.96. The van der Waals surface area contributed by atoms with Crippen molar-refractivity contribution in [2.24, 2.45) is 5.10 Å². The number of hydrogen-bond acceptors (Lipinski definition) is 4. The number of hydrazone groups is 1. The Labute approximate surface area is 178 Å². The van der Waals surface area contributed by atoms with E-state index in [-0.39, 0.29) is 18.2 Å². The second-order valence-electron chi connectivity index (χ2n) is 6.61. The minimum absolute atomic E-state index is 0.0981. The Morgan fingerprint density at radius 3 is 2.14 bits per heavy atom. The predicted octanol–water partition coefficient (Wildman–Crippen LogP) is 4.31. The molecule has 0 bridgehead atoms. The van der Waals surface area contributed by atoms with Crippen LogP contribution in [0.15, 0.2) is 88.4 Å².